The molecule has 1 saturated carbocycles. The number of fused-ring (bicyclic) bond motifs is 2. The zero-order valence-electron chi connectivity index (χ0n) is 19.9. The molecule has 182 valence electrons. The van der Waals surface area contributed by atoms with Crippen LogP contribution in [0, 0.1) is 5.41 Å². The van der Waals surface area contributed by atoms with Gasteiger partial charge in [0.25, 0.3) is 5.91 Å². The van der Waals surface area contributed by atoms with E-state index in [4.69, 9.17) is 4.42 Å². The summed E-state index contributed by atoms with van der Waals surface area (Å²) in [6.45, 7) is 2.71. The molecule has 36 heavy (non-hydrogen) atoms. The van der Waals surface area contributed by atoms with E-state index in [0.717, 1.165) is 41.9 Å². The van der Waals surface area contributed by atoms with E-state index in [9.17, 15) is 9.59 Å². The number of rotatable bonds is 6. The summed E-state index contributed by atoms with van der Waals surface area (Å²) in [7, 11) is 0. The fourth-order valence-electron chi connectivity index (χ4n) is 6.20. The minimum atomic E-state index is -0.472. The van der Waals surface area contributed by atoms with Crippen LogP contribution in [0.25, 0.3) is 11.1 Å². The first kappa shape index (κ1) is 21.4. The molecule has 7 rings (SSSR count). The summed E-state index contributed by atoms with van der Waals surface area (Å²) in [5, 5.41) is 7.11. The van der Waals surface area contributed by atoms with Crippen molar-refractivity contribution in [2.45, 2.75) is 37.9 Å². The van der Waals surface area contributed by atoms with Gasteiger partial charge in [-0.3, -0.25) is 9.78 Å². The summed E-state index contributed by atoms with van der Waals surface area (Å²) in [5.41, 5.74) is 6.72. The topological polar surface area (TPSA) is 90.4 Å². The van der Waals surface area contributed by atoms with E-state index in [1.165, 1.54) is 18.4 Å². The Morgan fingerprint density at radius 2 is 1.81 bits per heavy atom. The molecular weight excluding hydrogens is 452 g/mol. The Balaban J connectivity index is 1.19. The zero-order valence-corrected chi connectivity index (χ0v) is 19.9. The number of carbonyl (C=O) groups is 1. The predicted octanol–water partition coefficient (Wildman–Crippen LogP) is 4.22. The van der Waals surface area contributed by atoms with Gasteiger partial charge >= 0.3 is 5.76 Å². The van der Waals surface area contributed by atoms with Gasteiger partial charge in [-0.25, -0.2) is 4.79 Å². The number of amides is 1. The molecule has 4 aromatic rings. The first-order chi connectivity index (χ1) is 17.6. The highest BCUT2D eigenvalue weighted by Crippen LogP contribution is 2.46. The van der Waals surface area contributed by atoms with Gasteiger partial charge in [0, 0.05) is 36.9 Å². The molecular formula is C29H28N4O3. The number of H-pyrrole nitrogens is 1. The predicted molar refractivity (Wildman–Crippen MR) is 138 cm³/mol. The highest BCUT2D eigenvalue weighted by Gasteiger charge is 2.48. The molecule has 7 heteroatoms. The van der Waals surface area contributed by atoms with Crippen LogP contribution in [0.5, 0.6) is 0 Å². The van der Waals surface area contributed by atoms with E-state index in [-0.39, 0.29) is 11.9 Å². The van der Waals surface area contributed by atoms with Crippen molar-refractivity contribution in [2.75, 3.05) is 18.4 Å². The molecule has 7 nitrogen and oxygen atoms in total. The molecule has 0 radical (unpaired) electrons. The van der Waals surface area contributed by atoms with Crippen molar-refractivity contribution < 1.29 is 9.21 Å². The van der Waals surface area contributed by atoms with Gasteiger partial charge in [-0.2, -0.15) is 0 Å². The smallest absolute Gasteiger partial charge is 0.408 e. The maximum absolute atomic E-state index is 13.6. The van der Waals surface area contributed by atoms with E-state index in [0.29, 0.717) is 29.1 Å². The molecule has 3 heterocycles. The van der Waals surface area contributed by atoms with Gasteiger partial charge in [0.05, 0.1) is 11.6 Å². The van der Waals surface area contributed by atoms with Crippen molar-refractivity contribution in [1.82, 2.24) is 15.2 Å². The van der Waals surface area contributed by atoms with Crippen LogP contribution in [0.15, 0.2) is 75.9 Å². The standard InChI is InChI=1S/C29H28N4O3/c34-27-22-8-7-20(31-21-13-29(14-21)16-30-17-29)12-23(22)25(10-18-4-2-1-3-5-18)33(27)15-19-6-9-24-26(11-19)36-28(35)32-24/h1-9,11-12,21,25,30-31H,10,13-17H2,(H,32,35). The molecule has 1 aliphatic carbocycles. The quantitative estimate of drug-likeness (QED) is 0.384. The van der Waals surface area contributed by atoms with Crippen LogP contribution in [0.4, 0.5) is 5.69 Å². The minimum absolute atomic E-state index is 0.0382. The van der Waals surface area contributed by atoms with Crippen LogP contribution < -0.4 is 16.4 Å². The number of benzene rings is 3. The first-order valence-electron chi connectivity index (χ1n) is 12.6. The average molecular weight is 481 g/mol. The van der Waals surface area contributed by atoms with Gasteiger partial charge in [-0.1, -0.05) is 36.4 Å². The molecule has 1 unspecified atom stereocenters. The normalized spacial score (nSPS) is 20.4. The average Bonchev–Trinajstić information content (AvgIpc) is 3.32. The van der Waals surface area contributed by atoms with Crippen molar-refractivity contribution in [3.8, 4) is 0 Å². The number of nitrogens with zero attached hydrogens (tertiary/aromatic N) is 1. The second-order valence-electron chi connectivity index (χ2n) is 10.6. The number of oxazole rings is 1. The number of nitrogens with one attached hydrogen (secondary N) is 3. The summed E-state index contributed by atoms with van der Waals surface area (Å²) in [5.74, 6) is -0.434. The summed E-state index contributed by atoms with van der Waals surface area (Å²) < 4.78 is 5.25. The van der Waals surface area contributed by atoms with E-state index >= 15 is 0 Å². The maximum Gasteiger partial charge on any atom is 0.417 e. The number of hydrogen-bond acceptors (Lipinski definition) is 5. The van der Waals surface area contributed by atoms with Crippen LogP contribution in [-0.2, 0) is 13.0 Å². The summed E-state index contributed by atoms with van der Waals surface area (Å²) in [6, 6.07) is 22.6. The molecule has 1 amide bonds. The van der Waals surface area contributed by atoms with Gasteiger partial charge in [-0.15, -0.1) is 0 Å². The third-order valence-corrected chi connectivity index (χ3v) is 8.12. The first-order valence-corrected chi connectivity index (χ1v) is 12.6. The fourth-order valence-corrected chi connectivity index (χ4v) is 6.20. The van der Waals surface area contributed by atoms with E-state index in [1.54, 1.807) is 0 Å². The molecule has 0 bridgehead atoms. The number of anilines is 1. The molecule has 1 atom stereocenters. The second kappa shape index (κ2) is 8.10. The van der Waals surface area contributed by atoms with E-state index < -0.39 is 5.76 Å². The van der Waals surface area contributed by atoms with Crippen molar-refractivity contribution in [3.63, 3.8) is 0 Å². The Bertz CT molecular complexity index is 1510. The third kappa shape index (κ3) is 3.62. The van der Waals surface area contributed by atoms with Gasteiger partial charge < -0.3 is 20.0 Å². The molecule has 2 aliphatic heterocycles. The highest BCUT2D eigenvalue weighted by atomic mass is 16.4. The number of aromatic nitrogens is 1. The fraction of sp³-hybridized carbons (Fsp3) is 0.310. The van der Waals surface area contributed by atoms with Gasteiger partial charge in [-0.05, 0) is 71.7 Å². The van der Waals surface area contributed by atoms with Crippen LogP contribution in [0.1, 0.15) is 45.9 Å². The highest BCUT2D eigenvalue weighted by molar-refractivity contribution is 5.99. The molecule has 1 spiro atoms. The SMILES string of the molecule is O=C1c2ccc(NC3CC4(CNC4)C3)cc2C(Cc2ccccc2)N1Cc1ccc2[nH]c(=O)oc2c1. The number of aromatic amines is 1. The van der Waals surface area contributed by atoms with Crippen LogP contribution in [0.3, 0.4) is 0 Å². The molecule has 1 saturated heterocycles. The Morgan fingerprint density at radius 3 is 2.58 bits per heavy atom. The monoisotopic (exact) mass is 480 g/mol. The Hall–Kier alpha value is -3.84. The minimum Gasteiger partial charge on any atom is -0.408 e. The zero-order chi connectivity index (χ0) is 24.3. The van der Waals surface area contributed by atoms with Gasteiger partial charge in [0.15, 0.2) is 5.58 Å². The van der Waals surface area contributed by atoms with Crippen molar-refractivity contribution in [2.24, 2.45) is 5.41 Å². The Morgan fingerprint density at radius 1 is 0.972 bits per heavy atom. The molecule has 3 N–H and O–H groups in total. The number of hydrogen-bond donors (Lipinski definition) is 3. The molecule has 3 aromatic carbocycles. The summed E-state index contributed by atoms with van der Waals surface area (Å²) in [4.78, 5) is 29.8. The molecule has 2 fully saturated rings. The summed E-state index contributed by atoms with van der Waals surface area (Å²) >= 11 is 0. The van der Waals surface area contributed by atoms with Gasteiger partial charge in [0.2, 0.25) is 0 Å². The lowest BCUT2D eigenvalue weighted by Gasteiger charge is -2.54. The van der Waals surface area contributed by atoms with E-state index in [2.05, 4.69) is 33.8 Å². The Labute approximate surface area is 208 Å². The Kier molecular flexibility index (Phi) is 4.82. The second-order valence-corrected chi connectivity index (χ2v) is 10.6. The third-order valence-electron chi connectivity index (χ3n) is 8.12. The lowest BCUT2D eigenvalue weighted by Crippen LogP contribution is -2.63. The maximum atomic E-state index is 13.6. The van der Waals surface area contributed by atoms with Crippen molar-refractivity contribution in [3.05, 3.63) is 99.5 Å². The van der Waals surface area contributed by atoms with Crippen molar-refractivity contribution >= 4 is 22.7 Å². The van der Waals surface area contributed by atoms with E-state index in [1.807, 2.05) is 53.4 Å². The largest absolute Gasteiger partial charge is 0.417 e. The van der Waals surface area contributed by atoms with Gasteiger partial charge in [0.1, 0.15) is 0 Å². The van der Waals surface area contributed by atoms with Crippen molar-refractivity contribution in [1.29, 1.82) is 0 Å². The number of carbonyl (C=O) groups excluding carboxylic acids is 1. The summed E-state index contributed by atoms with van der Waals surface area (Å²) in [6.07, 6.45) is 3.14. The van der Waals surface area contributed by atoms with Crippen LogP contribution in [-0.4, -0.2) is 34.9 Å². The van der Waals surface area contributed by atoms with Crippen LogP contribution in [0.2, 0.25) is 0 Å². The molecule has 3 aliphatic rings. The van der Waals surface area contributed by atoms with Crippen LogP contribution >= 0.6 is 0 Å². The lowest BCUT2D eigenvalue weighted by molar-refractivity contribution is 0.0470. The molecule has 1 aromatic heterocycles. The lowest BCUT2D eigenvalue weighted by atomic mass is 9.61.